The predicted molar refractivity (Wildman–Crippen MR) is 93.9 cm³/mol. The van der Waals surface area contributed by atoms with Crippen LogP contribution in [0.5, 0.6) is 5.75 Å². The van der Waals surface area contributed by atoms with Gasteiger partial charge >= 0.3 is 0 Å². The van der Waals surface area contributed by atoms with Gasteiger partial charge in [0.2, 0.25) is 10.0 Å². The van der Waals surface area contributed by atoms with Crippen molar-refractivity contribution in [2.75, 3.05) is 24.1 Å². The fraction of sp³-hybridized carbons (Fsp3) is 0.235. The minimum Gasteiger partial charge on any atom is -0.492 e. The Labute approximate surface area is 146 Å². The van der Waals surface area contributed by atoms with E-state index in [9.17, 15) is 17.6 Å². The van der Waals surface area contributed by atoms with Gasteiger partial charge in [0, 0.05) is 11.6 Å². The second-order valence-corrected chi connectivity index (χ2v) is 7.21. The van der Waals surface area contributed by atoms with Crippen molar-refractivity contribution in [3.05, 3.63) is 59.4 Å². The molecule has 8 heteroatoms. The van der Waals surface area contributed by atoms with Crippen LogP contribution in [0.15, 0.2) is 42.5 Å². The number of halogens is 1. The highest BCUT2D eigenvalue weighted by Crippen LogP contribution is 2.18. The maximum absolute atomic E-state index is 13.0. The highest BCUT2D eigenvalue weighted by Gasteiger charge is 2.10. The average Bonchev–Trinajstić information content (AvgIpc) is 2.52. The first-order valence-electron chi connectivity index (χ1n) is 7.49. The van der Waals surface area contributed by atoms with Crippen molar-refractivity contribution in [1.82, 2.24) is 5.32 Å². The number of carbonyl (C=O) groups is 1. The molecule has 0 spiro atoms. The number of hydrogen-bond acceptors (Lipinski definition) is 4. The van der Waals surface area contributed by atoms with Crippen LogP contribution in [-0.2, 0) is 10.0 Å². The summed E-state index contributed by atoms with van der Waals surface area (Å²) in [5.74, 6) is -0.379. The van der Waals surface area contributed by atoms with Crippen molar-refractivity contribution in [3.8, 4) is 5.75 Å². The zero-order valence-corrected chi connectivity index (χ0v) is 14.7. The van der Waals surface area contributed by atoms with E-state index in [0.717, 1.165) is 6.26 Å². The average molecular weight is 366 g/mol. The van der Waals surface area contributed by atoms with Gasteiger partial charge in [-0.1, -0.05) is 12.1 Å². The van der Waals surface area contributed by atoms with Crippen molar-refractivity contribution in [2.45, 2.75) is 6.92 Å². The van der Waals surface area contributed by atoms with E-state index in [1.54, 1.807) is 25.1 Å². The summed E-state index contributed by atoms with van der Waals surface area (Å²) in [5.41, 5.74) is 1.38. The molecule has 6 nitrogen and oxygen atoms in total. The van der Waals surface area contributed by atoms with Crippen molar-refractivity contribution < 1.29 is 22.3 Å². The van der Waals surface area contributed by atoms with Crippen LogP contribution >= 0.6 is 0 Å². The van der Waals surface area contributed by atoms with Gasteiger partial charge in [0.05, 0.1) is 18.5 Å². The SMILES string of the molecule is Cc1ccc(C(=O)NCCOc2cccc(F)c2)cc1NS(C)(=O)=O. The minimum atomic E-state index is -3.43. The van der Waals surface area contributed by atoms with E-state index in [-0.39, 0.29) is 19.1 Å². The van der Waals surface area contributed by atoms with E-state index in [1.807, 2.05) is 0 Å². The Hall–Kier alpha value is -2.61. The highest BCUT2D eigenvalue weighted by molar-refractivity contribution is 7.92. The van der Waals surface area contributed by atoms with E-state index in [0.29, 0.717) is 22.6 Å². The smallest absolute Gasteiger partial charge is 0.251 e. The molecule has 0 atom stereocenters. The van der Waals surface area contributed by atoms with E-state index < -0.39 is 15.8 Å². The van der Waals surface area contributed by atoms with Gasteiger partial charge in [-0.05, 0) is 36.8 Å². The van der Waals surface area contributed by atoms with Gasteiger partial charge in [-0.2, -0.15) is 0 Å². The second kappa shape index (κ2) is 7.98. The summed E-state index contributed by atoms with van der Waals surface area (Å²) in [5, 5.41) is 2.66. The first-order valence-corrected chi connectivity index (χ1v) is 9.39. The predicted octanol–water partition coefficient (Wildman–Crippen LogP) is 2.31. The molecule has 0 aliphatic rings. The van der Waals surface area contributed by atoms with Crippen LogP contribution in [0.25, 0.3) is 0 Å². The van der Waals surface area contributed by atoms with Crippen LogP contribution < -0.4 is 14.8 Å². The standard InChI is InChI=1S/C17H19FN2O4S/c1-12-6-7-13(10-16(12)20-25(2,22)23)17(21)19-8-9-24-15-5-3-4-14(18)11-15/h3-7,10-11,20H,8-9H2,1-2H3,(H,19,21). The number of hydrogen-bond donors (Lipinski definition) is 2. The molecule has 0 unspecified atom stereocenters. The number of aryl methyl sites for hydroxylation is 1. The quantitative estimate of drug-likeness (QED) is 0.737. The van der Waals surface area contributed by atoms with Crippen LogP contribution in [0.1, 0.15) is 15.9 Å². The van der Waals surface area contributed by atoms with Crippen LogP contribution in [0.3, 0.4) is 0 Å². The Balaban J connectivity index is 1.91. The number of amides is 1. The van der Waals surface area contributed by atoms with Crippen LogP contribution in [0.4, 0.5) is 10.1 Å². The molecule has 0 fully saturated rings. The Kier molecular flexibility index (Phi) is 5.97. The van der Waals surface area contributed by atoms with Gasteiger partial charge < -0.3 is 10.1 Å². The monoisotopic (exact) mass is 366 g/mol. The van der Waals surface area contributed by atoms with E-state index >= 15 is 0 Å². The van der Waals surface area contributed by atoms with Crippen molar-refractivity contribution in [1.29, 1.82) is 0 Å². The first kappa shape index (κ1) is 18.7. The molecule has 1 amide bonds. The van der Waals surface area contributed by atoms with Gasteiger partial charge in [-0.3, -0.25) is 9.52 Å². The van der Waals surface area contributed by atoms with Gasteiger partial charge in [-0.25, -0.2) is 12.8 Å². The molecule has 0 heterocycles. The summed E-state index contributed by atoms with van der Waals surface area (Å²) < 4.78 is 43.4. The fourth-order valence-electron chi connectivity index (χ4n) is 2.07. The lowest BCUT2D eigenvalue weighted by Gasteiger charge is -2.11. The lowest BCUT2D eigenvalue weighted by Crippen LogP contribution is -2.28. The third-order valence-electron chi connectivity index (χ3n) is 3.25. The molecule has 0 bridgehead atoms. The lowest BCUT2D eigenvalue weighted by molar-refractivity contribution is 0.0947. The summed E-state index contributed by atoms with van der Waals surface area (Å²) in [4.78, 5) is 12.1. The van der Waals surface area contributed by atoms with Gasteiger partial charge in [0.15, 0.2) is 0 Å². The molecule has 0 aromatic heterocycles. The van der Waals surface area contributed by atoms with E-state index in [4.69, 9.17) is 4.74 Å². The van der Waals surface area contributed by atoms with Gasteiger partial charge in [0.1, 0.15) is 18.2 Å². The highest BCUT2D eigenvalue weighted by atomic mass is 32.2. The molecule has 0 aliphatic heterocycles. The van der Waals surface area contributed by atoms with Crippen LogP contribution in [0, 0.1) is 12.7 Å². The van der Waals surface area contributed by atoms with Crippen molar-refractivity contribution >= 4 is 21.6 Å². The van der Waals surface area contributed by atoms with E-state index in [2.05, 4.69) is 10.0 Å². The number of anilines is 1. The van der Waals surface area contributed by atoms with Gasteiger partial charge in [-0.15, -0.1) is 0 Å². The first-order chi connectivity index (χ1) is 11.7. The molecule has 2 aromatic rings. The molecule has 0 aliphatic carbocycles. The summed E-state index contributed by atoms with van der Waals surface area (Å²) in [6.45, 7) is 2.13. The van der Waals surface area contributed by atoms with Gasteiger partial charge in [0.25, 0.3) is 5.91 Å². The number of sulfonamides is 1. The van der Waals surface area contributed by atoms with Crippen molar-refractivity contribution in [2.24, 2.45) is 0 Å². The Morgan fingerprint density at radius 3 is 2.64 bits per heavy atom. The zero-order chi connectivity index (χ0) is 18.4. The topological polar surface area (TPSA) is 84.5 Å². The number of carbonyl (C=O) groups excluding carboxylic acids is 1. The number of ether oxygens (including phenoxy) is 1. The molecule has 2 rings (SSSR count). The number of rotatable bonds is 7. The molecule has 0 saturated heterocycles. The molecule has 134 valence electrons. The summed E-state index contributed by atoms with van der Waals surface area (Å²) in [6, 6.07) is 10.5. The van der Waals surface area contributed by atoms with Crippen LogP contribution in [0.2, 0.25) is 0 Å². The largest absolute Gasteiger partial charge is 0.492 e. The molecule has 0 radical (unpaired) electrons. The molecule has 2 N–H and O–H groups in total. The zero-order valence-electron chi connectivity index (χ0n) is 13.9. The normalized spacial score (nSPS) is 11.0. The molecule has 0 saturated carbocycles. The molecule has 2 aromatic carbocycles. The summed E-state index contributed by atoms with van der Waals surface area (Å²) in [7, 11) is -3.43. The third kappa shape index (κ3) is 6.07. The number of nitrogens with one attached hydrogen (secondary N) is 2. The molecule has 25 heavy (non-hydrogen) atoms. The summed E-state index contributed by atoms with van der Waals surface area (Å²) in [6.07, 6.45) is 1.04. The second-order valence-electron chi connectivity index (χ2n) is 5.47. The molecular formula is C17H19FN2O4S. The molecular weight excluding hydrogens is 347 g/mol. The summed E-state index contributed by atoms with van der Waals surface area (Å²) >= 11 is 0. The van der Waals surface area contributed by atoms with Crippen molar-refractivity contribution in [3.63, 3.8) is 0 Å². The van der Waals surface area contributed by atoms with E-state index in [1.165, 1.54) is 24.3 Å². The Morgan fingerprint density at radius 1 is 1.20 bits per heavy atom. The Morgan fingerprint density at radius 2 is 1.96 bits per heavy atom. The van der Waals surface area contributed by atoms with Crippen LogP contribution in [-0.4, -0.2) is 33.7 Å². The Bertz CT molecular complexity index is 869. The fourth-order valence-corrected chi connectivity index (χ4v) is 2.68. The minimum absolute atomic E-state index is 0.176. The maximum atomic E-state index is 13.0. The lowest BCUT2D eigenvalue weighted by atomic mass is 10.1. The number of benzene rings is 2. The third-order valence-corrected chi connectivity index (χ3v) is 3.84. The maximum Gasteiger partial charge on any atom is 0.251 e.